The van der Waals surface area contributed by atoms with Crippen molar-refractivity contribution in [3.8, 4) is 0 Å². The molecule has 1 aliphatic heterocycles. The number of carbonyl (C=O) groups excluding carboxylic acids is 2. The Morgan fingerprint density at radius 2 is 2.05 bits per heavy atom. The molecule has 1 aromatic heterocycles. The lowest BCUT2D eigenvalue weighted by Gasteiger charge is -2.31. The summed E-state index contributed by atoms with van der Waals surface area (Å²) in [5.41, 5.74) is 6.61. The summed E-state index contributed by atoms with van der Waals surface area (Å²) in [7, 11) is 0. The number of primary amides is 1. The molecule has 2 amide bonds. The fourth-order valence-corrected chi connectivity index (χ4v) is 4.44. The molecule has 0 spiro atoms. The van der Waals surface area contributed by atoms with Gasteiger partial charge in [0, 0.05) is 24.4 Å². The first-order valence-corrected chi connectivity index (χ1v) is 8.14. The average molecular weight is 292 g/mol. The van der Waals surface area contributed by atoms with Crippen molar-refractivity contribution >= 4 is 23.2 Å². The van der Waals surface area contributed by atoms with E-state index in [0.717, 1.165) is 43.6 Å². The highest BCUT2D eigenvalue weighted by Gasteiger charge is 2.26. The Morgan fingerprint density at radius 1 is 1.30 bits per heavy atom. The molecule has 2 heterocycles. The minimum atomic E-state index is -0.232. The lowest BCUT2D eigenvalue weighted by molar-refractivity contribution is -0.119. The van der Waals surface area contributed by atoms with E-state index in [4.69, 9.17) is 5.73 Å². The standard InChI is InChI=1S/C15H20N2O2S/c16-14(18)8-10-4-6-17(7-5-10)15(19)13-9-11-2-1-3-12(11)20-13/h9-10H,1-8H2,(H2,16,18). The molecule has 2 aliphatic rings. The Kier molecular flexibility index (Phi) is 3.78. The van der Waals surface area contributed by atoms with E-state index < -0.39 is 0 Å². The molecule has 1 aromatic rings. The zero-order chi connectivity index (χ0) is 14.1. The Morgan fingerprint density at radius 3 is 2.70 bits per heavy atom. The molecule has 1 aliphatic carbocycles. The molecule has 0 radical (unpaired) electrons. The molecule has 2 N–H and O–H groups in total. The number of thiophene rings is 1. The lowest BCUT2D eigenvalue weighted by atomic mass is 9.93. The van der Waals surface area contributed by atoms with Gasteiger partial charge in [0.1, 0.15) is 0 Å². The van der Waals surface area contributed by atoms with E-state index in [1.807, 2.05) is 4.90 Å². The number of aryl methyl sites for hydroxylation is 2. The predicted molar refractivity (Wildman–Crippen MR) is 78.8 cm³/mol. The second-order valence-electron chi connectivity index (χ2n) is 5.82. The molecule has 1 fully saturated rings. The fraction of sp³-hybridized carbons (Fsp3) is 0.600. The SMILES string of the molecule is NC(=O)CC1CCN(C(=O)c2cc3c(s2)CCC3)CC1. The molecule has 108 valence electrons. The van der Waals surface area contributed by atoms with Crippen molar-refractivity contribution in [2.24, 2.45) is 11.7 Å². The van der Waals surface area contributed by atoms with Crippen LogP contribution in [0.3, 0.4) is 0 Å². The van der Waals surface area contributed by atoms with Crippen LogP contribution in [0.25, 0.3) is 0 Å². The summed E-state index contributed by atoms with van der Waals surface area (Å²) in [5.74, 6) is 0.288. The largest absolute Gasteiger partial charge is 0.370 e. The van der Waals surface area contributed by atoms with Crippen molar-refractivity contribution in [3.05, 3.63) is 21.4 Å². The van der Waals surface area contributed by atoms with Gasteiger partial charge in [-0.2, -0.15) is 0 Å². The quantitative estimate of drug-likeness (QED) is 0.925. The minimum absolute atomic E-state index is 0.168. The second-order valence-corrected chi connectivity index (χ2v) is 6.96. The maximum atomic E-state index is 12.5. The number of carbonyl (C=O) groups is 2. The molecular formula is C15H20N2O2S. The third kappa shape index (κ3) is 2.73. The molecular weight excluding hydrogens is 272 g/mol. The molecule has 0 atom stereocenters. The van der Waals surface area contributed by atoms with Crippen molar-refractivity contribution < 1.29 is 9.59 Å². The van der Waals surface area contributed by atoms with Gasteiger partial charge in [0.25, 0.3) is 5.91 Å². The van der Waals surface area contributed by atoms with E-state index in [9.17, 15) is 9.59 Å². The van der Waals surface area contributed by atoms with E-state index >= 15 is 0 Å². The van der Waals surface area contributed by atoms with Crippen LogP contribution in [0.2, 0.25) is 0 Å². The molecule has 5 heteroatoms. The smallest absolute Gasteiger partial charge is 0.263 e. The van der Waals surface area contributed by atoms with E-state index in [1.165, 1.54) is 16.9 Å². The molecule has 4 nitrogen and oxygen atoms in total. The van der Waals surface area contributed by atoms with Gasteiger partial charge in [0.05, 0.1) is 4.88 Å². The zero-order valence-electron chi connectivity index (χ0n) is 11.6. The topological polar surface area (TPSA) is 63.4 Å². The van der Waals surface area contributed by atoms with Crippen LogP contribution in [0.1, 0.15) is 45.8 Å². The van der Waals surface area contributed by atoms with Crippen molar-refractivity contribution in [3.63, 3.8) is 0 Å². The van der Waals surface area contributed by atoms with Gasteiger partial charge >= 0.3 is 0 Å². The summed E-state index contributed by atoms with van der Waals surface area (Å²) in [6.07, 6.45) is 5.72. The number of fused-ring (bicyclic) bond motifs is 1. The van der Waals surface area contributed by atoms with E-state index in [1.54, 1.807) is 11.3 Å². The summed E-state index contributed by atoms with van der Waals surface area (Å²) in [4.78, 5) is 27.6. The Hall–Kier alpha value is -1.36. The maximum Gasteiger partial charge on any atom is 0.263 e. The first kappa shape index (κ1) is 13.6. The van der Waals surface area contributed by atoms with Crippen molar-refractivity contribution in [1.29, 1.82) is 0 Å². The van der Waals surface area contributed by atoms with Crippen LogP contribution in [0.5, 0.6) is 0 Å². The molecule has 0 aromatic carbocycles. The zero-order valence-corrected chi connectivity index (χ0v) is 12.4. The second kappa shape index (κ2) is 5.56. The summed E-state index contributed by atoms with van der Waals surface area (Å²) in [6.45, 7) is 1.50. The van der Waals surface area contributed by atoms with Gasteiger partial charge in [-0.25, -0.2) is 0 Å². The van der Waals surface area contributed by atoms with E-state index in [2.05, 4.69) is 6.07 Å². The third-order valence-electron chi connectivity index (χ3n) is 4.35. The minimum Gasteiger partial charge on any atom is -0.370 e. The number of amides is 2. The highest BCUT2D eigenvalue weighted by atomic mass is 32.1. The first-order valence-electron chi connectivity index (χ1n) is 7.32. The summed E-state index contributed by atoms with van der Waals surface area (Å²) < 4.78 is 0. The van der Waals surface area contributed by atoms with Gasteiger partial charge < -0.3 is 10.6 Å². The van der Waals surface area contributed by atoms with Crippen LogP contribution in [0.4, 0.5) is 0 Å². The Balaban J connectivity index is 1.60. The van der Waals surface area contributed by atoms with Crippen LogP contribution < -0.4 is 5.73 Å². The van der Waals surface area contributed by atoms with Crippen LogP contribution >= 0.6 is 11.3 Å². The molecule has 0 saturated carbocycles. The normalized spacial score (nSPS) is 19.1. The Labute approximate surface area is 122 Å². The summed E-state index contributed by atoms with van der Waals surface area (Å²) >= 11 is 1.67. The van der Waals surface area contributed by atoms with Crippen LogP contribution in [0, 0.1) is 5.92 Å². The van der Waals surface area contributed by atoms with Crippen molar-refractivity contribution in [2.75, 3.05) is 13.1 Å². The summed E-state index contributed by atoms with van der Waals surface area (Å²) in [5, 5.41) is 0. The van der Waals surface area contributed by atoms with Crippen molar-refractivity contribution in [2.45, 2.75) is 38.5 Å². The molecule has 0 bridgehead atoms. The van der Waals surface area contributed by atoms with Gasteiger partial charge in [-0.15, -0.1) is 11.3 Å². The number of hydrogen-bond donors (Lipinski definition) is 1. The van der Waals surface area contributed by atoms with E-state index in [0.29, 0.717) is 12.3 Å². The molecule has 0 unspecified atom stereocenters. The van der Waals surface area contributed by atoms with Gasteiger partial charge in [-0.05, 0) is 49.7 Å². The molecule has 3 rings (SSSR count). The fourth-order valence-electron chi connectivity index (χ4n) is 3.21. The Bertz CT molecular complexity index is 508. The average Bonchev–Trinajstić information content (AvgIpc) is 2.98. The monoisotopic (exact) mass is 292 g/mol. The highest BCUT2D eigenvalue weighted by Crippen LogP contribution is 2.32. The summed E-state index contributed by atoms with van der Waals surface area (Å²) in [6, 6.07) is 2.09. The van der Waals surface area contributed by atoms with Crippen LogP contribution in [0.15, 0.2) is 6.07 Å². The lowest BCUT2D eigenvalue weighted by Crippen LogP contribution is -2.39. The highest BCUT2D eigenvalue weighted by molar-refractivity contribution is 7.14. The van der Waals surface area contributed by atoms with Gasteiger partial charge in [-0.3, -0.25) is 9.59 Å². The van der Waals surface area contributed by atoms with Crippen LogP contribution in [-0.4, -0.2) is 29.8 Å². The third-order valence-corrected chi connectivity index (χ3v) is 5.57. The maximum absolute atomic E-state index is 12.5. The number of rotatable bonds is 3. The predicted octanol–water partition coefficient (Wildman–Crippen LogP) is 1.96. The number of nitrogens with zero attached hydrogens (tertiary/aromatic N) is 1. The van der Waals surface area contributed by atoms with Crippen molar-refractivity contribution in [1.82, 2.24) is 4.90 Å². The van der Waals surface area contributed by atoms with Gasteiger partial charge in [-0.1, -0.05) is 0 Å². The van der Waals surface area contributed by atoms with Crippen LogP contribution in [-0.2, 0) is 17.6 Å². The first-order chi connectivity index (χ1) is 9.63. The number of likely N-dealkylation sites (tertiary alicyclic amines) is 1. The number of nitrogens with two attached hydrogens (primary N) is 1. The van der Waals surface area contributed by atoms with Gasteiger partial charge in [0.15, 0.2) is 0 Å². The van der Waals surface area contributed by atoms with Gasteiger partial charge in [0.2, 0.25) is 5.91 Å². The van der Waals surface area contributed by atoms with E-state index in [-0.39, 0.29) is 11.8 Å². The molecule has 1 saturated heterocycles. The number of hydrogen-bond acceptors (Lipinski definition) is 3. The molecule has 20 heavy (non-hydrogen) atoms. The number of piperidine rings is 1.